The van der Waals surface area contributed by atoms with Crippen molar-refractivity contribution < 1.29 is 17.9 Å². The van der Waals surface area contributed by atoms with Gasteiger partial charge in [-0.25, -0.2) is 0 Å². The van der Waals surface area contributed by atoms with Gasteiger partial charge in [0.05, 0.1) is 16.8 Å². The number of alkyl halides is 3. The predicted octanol–water partition coefficient (Wildman–Crippen LogP) is 4.05. The smallest absolute Gasteiger partial charge is 0.419 e. The molecule has 0 fully saturated rings. The Morgan fingerprint density at radius 3 is 2.57 bits per heavy atom. The van der Waals surface area contributed by atoms with Gasteiger partial charge in [-0.15, -0.1) is 0 Å². The van der Waals surface area contributed by atoms with E-state index in [1.807, 2.05) is 0 Å². The first kappa shape index (κ1) is 15.6. The van der Waals surface area contributed by atoms with E-state index < -0.39 is 11.7 Å². The fourth-order valence-electron chi connectivity index (χ4n) is 1.78. The maximum absolute atomic E-state index is 13.1. The molecule has 0 bridgehead atoms. The molecule has 0 saturated carbocycles. The maximum Gasteiger partial charge on any atom is 0.419 e. The average molecular weight is 317 g/mol. The SMILES string of the molecule is NCCc1ccc(Oc2cncc(Cl)c2)c(C(F)(F)F)c1. The molecule has 1 aromatic carbocycles. The number of nitrogens with two attached hydrogens (primary N) is 1. The van der Waals surface area contributed by atoms with Gasteiger partial charge in [0.25, 0.3) is 0 Å². The van der Waals surface area contributed by atoms with Gasteiger partial charge in [-0.3, -0.25) is 4.98 Å². The van der Waals surface area contributed by atoms with Crippen molar-refractivity contribution in [3.63, 3.8) is 0 Å². The second-order valence-corrected chi connectivity index (χ2v) is 4.74. The molecule has 0 radical (unpaired) electrons. The molecule has 7 heteroatoms. The number of hydrogen-bond acceptors (Lipinski definition) is 3. The lowest BCUT2D eigenvalue weighted by atomic mass is 10.1. The molecular formula is C14H12ClF3N2O. The molecule has 0 aliphatic carbocycles. The number of hydrogen-bond donors (Lipinski definition) is 1. The largest absolute Gasteiger partial charge is 0.455 e. The van der Waals surface area contributed by atoms with Crippen molar-refractivity contribution in [2.24, 2.45) is 5.73 Å². The van der Waals surface area contributed by atoms with E-state index in [1.54, 1.807) is 6.07 Å². The normalized spacial score (nSPS) is 11.5. The standard InChI is InChI=1S/C14H12ClF3N2O/c15-10-6-11(8-20-7-10)21-13-2-1-9(3-4-19)5-12(13)14(16,17)18/h1-2,5-8H,3-4,19H2. The molecule has 0 saturated heterocycles. The third-order valence-corrected chi connectivity index (χ3v) is 2.90. The van der Waals surface area contributed by atoms with Crippen LogP contribution in [0.5, 0.6) is 11.5 Å². The lowest BCUT2D eigenvalue weighted by Gasteiger charge is -2.15. The Morgan fingerprint density at radius 2 is 1.95 bits per heavy atom. The molecule has 2 N–H and O–H groups in total. The van der Waals surface area contributed by atoms with Gasteiger partial charge in [-0.2, -0.15) is 13.2 Å². The van der Waals surface area contributed by atoms with Gasteiger partial charge in [-0.05, 0) is 30.7 Å². The fourth-order valence-corrected chi connectivity index (χ4v) is 1.95. The molecule has 0 aliphatic heterocycles. The minimum Gasteiger partial charge on any atom is -0.455 e. The Morgan fingerprint density at radius 1 is 1.19 bits per heavy atom. The average Bonchev–Trinajstić information content (AvgIpc) is 2.39. The first-order valence-electron chi connectivity index (χ1n) is 6.09. The van der Waals surface area contributed by atoms with E-state index in [0.29, 0.717) is 12.0 Å². The van der Waals surface area contributed by atoms with Gasteiger partial charge < -0.3 is 10.5 Å². The summed E-state index contributed by atoms with van der Waals surface area (Å²) in [6.45, 7) is 0.274. The van der Waals surface area contributed by atoms with Gasteiger partial charge in [0.2, 0.25) is 0 Å². The Balaban J connectivity index is 2.38. The highest BCUT2D eigenvalue weighted by molar-refractivity contribution is 6.30. The van der Waals surface area contributed by atoms with E-state index in [4.69, 9.17) is 22.1 Å². The molecule has 1 heterocycles. The predicted molar refractivity (Wildman–Crippen MR) is 73.5 cm³/mol. The lowest BCUT2D eigenvalue weighted by Crippen LogP contribution is -2.09. The fraction of sp³-hybridized carbons (Fsp3) is 0.214. The topological polar surface area (TPSA) is 48.1 Å². The van der Waals surface area contributed by atoms with Crippen molar-refractivity contribution in [2.75, 3.05) is 6.54 Å². The van der Waals surface area contributed by atoms with Crippen molar-refractivity contribution in [1.82, 2.24) is 4.98 Å². The monoisotopic (exact) mass is 316 g/mol. The van der Waals surface area contributed by atoms with Crippen LogP contribution in [0.2, 0.25) is 5.02 Å². The molecular weight excluding hydrogens is 305 g/mol. The number of ether oxygens (including phenoxy) is 1. The number of aromatic nitrogens is 1. The summed E-state index contributed by atoms with van der Waals surface area (Å²) in [5, 5.41) is 0.279. The van der Waals surface area contributed by atoms with Crippen molar-refractivity contribution >= 4 is 11.6 Å². The second-order valence-electron chi connectivity index (χ2n) is 4.31. The van der Waals surface area contributed by atoms with Crippen LogP contribution in [-0.2, 0) is 12.6 Å². The molecule has 21 heavy (non-hydrogen) atoms. The van der Waals surface area contributed by atoms with Crippen LogP contribution in [0.25, 0.3) is 0 Å². The summed E-state index contributed by atoms with van der Waals surface area (Å²) in [5.41, 5.74) is 5.01. The number of nitrogens with zero attached hydrogens (tertiary/aromatic N) is 1. The maximum atomic E-state index is 13.1. The van der Waals surface area contributed by atoms with Crippen LogP contribution >= 0.6 is 11.6 Å². The molecule has 0 amide bonds. The Bertz CT molecular complexity index is 632. The third-order valence-electron chi connectivity index (χ3n) is 2.69. The van der Waals surface area contributed by atoms with E-state index in [2.05, 4.69) is 4.98 Å². The van der Waals surface area contributed by atoms with Gasteiger partial charge in [0, 0.05) is 12.3 Å². The zero-order valence-electron chi connectivity index (χ0n) is 10.8. The zero-order valence-corrected chi connectivity index (χ0v) is 11.6. The van der Waals surface area contributed by atoms with E-state index in [0.717, 1.165) is 6.07 Å². The molecule has 0 aliphatic rings. The van der Waals surface area contributed by atoms with Crippen LogP contribution in [0.15, 0.2) is 36.7 Å². The van der Waals surface area contributed by atoms with E-state index >= 15 is 0 Å². The van der Waals surface area contributed by atoms with Crippen molar-refractivity contribution in [3.8, 4) is 11.5 Å². The first-order valence-corrected chi connectivity index (χ1v) is 6.46. The van der Waals surface area contributed by atoms with Gasteiger partial charge in [0.15, 0.2) is 0 Å². The molecule has 0 unspecified atom stereocenters. The Labute approximate surface area is 124 Å². The quantitative estimate of drug-likeness (QED) is 0.925. The molecule has 2 aromatic rings. The number of benzene rings is 1. The minimum absolute atomic E-state index is 0.138. The number of rotatable bonds is 4. The summed E-state index contributed by atoms with van der Waals surface area (Å²) >= 11 is 5.73. The highest BCUT2D eigenvalue weighted by atomic mass is 35.5. The Hall–Kier alpha value is -1.79. The second kappa shape index (κ2) is 6.32. The molecule has 0 atom stereocenters. The third kappa shape index (κ3) is 4.09. The lowest BCUT2D eigenvalue weighted by molar-refractivity contribution is -0.138. The van der Waals surface area contributed by atoms with Crippen molar-refractivity contribution in [1.29, 1.82) is 0 Å². The van der Waals surface area contributed by atoms with Crippen LogP contribution in [0.3, 0.4) is 0 Å². The summed E-state index contributed by atoms with van der Waals surface area (Å²) in [6.07, 6.45) is -1.50. The summed E-state index contributed by atoms with van der Waals surface area (Å²) in [4.78, 5) is 3.76. The van der Waals surface area contributed by atoms with Crippen LogP contribution in [0.1, 0.15) is 11.1 Å². The van der Waals surface area contributed by atoms with Gasteiger partial charge >= 0.3 is 6.18 Å². The number of halogens is 4. The van der Waals surface area contributed by atoms with Gasteiger partial charge in [-0.1, -0.05) is 17.7 Å². The summed E-state index contributed by atoms with van der Waals surface area (Å²) in [5.74, 6) is -0.160. The minimum atomic E-state index is -4.52. The Kier molecular flexibility index (Phi) is 4.69. The van der Waals surface area contributed by atoms with E-state index in [1.165, 1.54) is 24.5 Å². The molecule has 0 spiro atoms. The van der Waals surface area contributed by atoms with E-state index in [-0.39, 0.29) is 23.1 Å². The highest BCUT2D eigenvalue weighted by Gasteiger charge is 2.34. The molecule has 1 aromatic heterocycles. The molecule has 3 nitrogen and oxygen atoms in total. The molecule has 2 rings (SSSR count). The van der Waals surface area contributed by atoms with Crippen LogP contribution in [0.4, 0.5) is 13.2 Å². The summed E-state index contributed by atoms with van der Waals surface area (Å²) in [7, 11) is 0. The van der Waals surface area contributed by atoms with Gasteiger partial charge in [0.1, 0.15) is 11.5 Å². The first-order chi connectivity index (χ1) is 9.90. The summed E-state index contributed by atoms with van der Waals surface area (Å²) < 4.78 is 44.5. The van der Waals surface area contributed by atoms with Crippen LogP contribution in [0, 0.1) is 0 Å². The van der Waals surface area contributed by atoms with E-state index in [9.17, 15) is 13.2 Å². The molecule has 112 valence electrons. The van der Waals surface area contributed by atoms with Crippen LogP contribution in [-0.4, -0.2) is 11.5 Å². The summed E-state index contributed by atoms with van der Waals surface area (Å²) in [6, 6.07) is 5.26. The number of pyridine rings is 1. The van der Waals surface area contributed by atoms with Crippen molar-refractivity contribution in [2.45, 2.75) is 12.6 Å². The highest BCUT2D eigenvalue weighted by Crippen LogP contribution is 2.38. The van der Waals surface area contributed by atoms with Crippen LogP contribution < -0.4 is 10.5 Å². The van der Waals surface area contributed by atoms with Crippen molar-refractivity contribution in [3.05, 3.63) is 52.8 Å². The zero-order chi connectivity index (χ0) is 15.5.